The zero-order valence-electron chi connectivity index (χ0n) is 19.3. The molecule has 1 atom stereocenters. The highest BCUT2D eigenvalue weighted by atomic mass is 35.5. The quantitative estimate of drug-likeness (QED) is 0.220. The first-order chi connectivity index (χ1) is 15.9. The standard InChI is InChI=1S/C26H30ClNO5/c1-4-5-15-33-21-12-9-19(16-17(21)2)24(29)22-23(18-7-10-20(27)11-8-18)28(13-6-14-32-3)26(31)25(22)30/h7-12,16,23,29H,4-6,13-15H2,1-3H3/b24-22+. The van der Waals surface area contributed by atoms with E-state index < -0.39 is 17.7 Å². The number of ketones is 1. The predicted molar refractivity (Wildman–Crippen MR) is 129 cm³/mol. The van der Waals surface area contributed by atoms with E-state index in [-0.39, 0.29) is 11.3 Å². The van der Waals surface area contributed by atoms with Crippen LogP contribution in [-0.2, 0) is 14.3 Å². The molecule has 1 heterocycles. The molecule has 1 aliphatic heterocycles. The first-order valence-corrected chi connectivity index (χ1v) is 11.5. The topological polar surface area (TPSA) is 76.1 Å². The molecule has 1 N–H and O–H groups in total. The third kappa shape index (κ3) is 5.57. The molecule has 1 aliphatic rings. The van der Waals surface area contributed by atoms with Crippen LogP contribution in [0.5, 0.6) is 5.75 Å². The molecule has 6 nitrogen and oxygen atoms in total. The van der Waals surface area contributed by atoms with Crippen molar-refractivity contribution in [1.29, 1.82) is 0 Å². The number of halogens is 1. The van der Waals surface area contributed by atoms with Gasteiger partial charge in [-0.2, -0.15) is 0 Å². The van der Waals surface area contributed by atoms with E-state index in [0.29, 0.717) is 42.3 Å². The van der Waals surface area contributed by atoms with Crippen molar-refractivity contribution in [2.75, 3.05) is 26.9 Å². The zero-order chi connectivity index (χ0) is 24.0. The Labute approximate surface area is 199 Å². The van der Waals surface area contributed by atoms with E-state index in [1.807, 2.05) is 6.92 Å². The molecular formula is C26H30ClNO5. The number of aryl methyl sites for hydroxylation is 1. The Morgan fingerprint density at radius 2 is 1.82 bits per heavy atom. The fraction of sp³-hybridized carbons (Fsp3) is 0.385. The van der Waals surface area contributed by atoms with Crippen molar-refractivity contribution in [2.45, 2.75) is 39.2 Å². The van der Waals surface area contributed by atoms with Gasteiger partial charge in [-0.1, -0.05) is 37.1 Å². The minimum atomic E-state index is -0.708. The number of amides is 1. The number of hydrogen-bond donors (Lipinski definition) is 1. The maximum Gasteiger partial charge on any atom is 0.295 e. The van der Waals surface area contributed by atoms with E-state index in [1.54, 1.807) is 49.6 Å². The molecule has 1 amide bonds. The molecule has 0 saturated carbocycles. The summed E-state index contributed by atoms with van der Waals surface area (Å²) in [6.07, 6.45) is 2.55. The number of methoxy groups -OCH3 is 1. The van der Waals surface area contributed by atoms with Crippen LogP contribution in [0.15, 0.2) is 48.0 Å². The molecule has 1 unspecified atom stereocenters. The lowest BCUT2D eigenvalue weighted by Gasteiger charge is -2.25. The SMILES string of the molecule is CCCCOc1ccc(/C(O)=C2\C(=O)C(=O)N(CCCOC)C2c2ccc(Cl)cc2)cc1C. The van der Waals surface area contributed by atoms with E-state index in [2.05, 4.69) is 6.92 Å². The minimum Gasteiger partial charge on any atom is -0.507 e. The van der Waals surface area contributed by atoms with Gasteiger partial charge in [0.15, 0.2) is 0 Å². The highest BCUT2D eigenvalue weighted by molar-refractivity contribution is 6.46. The number of aliphatic hydroxyl groups excluding tert-OH is 1. The second-order valence-corrected chi connectivity index (χ2v) is 8.51. The van der Waals surface area contributed by atoms with Crippen LogP contribution in [0.4, 0.5) is 0 Å². The average Bonchev–Trinajstić information content (AvgIpc) is 3.05. The van der Waals surface area contributed by atoms with Crippen molar-refractivity contribution in [3.8, 4) is 5.75 Å². The van der Waals surface area contributed by atoms with Crippen molar-refractivity contribution in [3.05, 3.63) is 69.8 Å². The Kier molecular flexibility index (Phi) is 8.53. The van der Waals surface area contributed by atoms with Crippen LogP contribution in [0.3, 0.4) is 0 Å². The van der Waals surface area contributed by atoms with Gasteiger partial charge in [-0.25, -0.2) is 0 Å². The van der Waals surface area contributed by atoms with Crippen LogP contribution in [0.2, 0.25) is 5.02 Å². The minimum absolute atomic E-state index is 0.0683. The van der Waals surface area contributed by atoms with Gasteiger partial charge in [0.05, 0.1) is 18.2 Å². The molecule has 7 heteroatoms. The van der Waals surface area contributed by atoms with Crippen LogP contribution in [0, 0.1) is 6.92 Å². The summed E-state index contributed by atoms with van der Waals surface area (Å²) in [4.78, 5) is 27.4. The zero-order valence-corrected chi connectivity index (χ0v) is 20.0. The summed E-state index contributed by atoms with van der Waals surface area (Å²) in [5.41, 5.74) is 2.07. The monoisotopic (exact) mass is 471 g/mol. The first kappa shape index (κ1) is 24.8. The lowest BCUT2D eigenvalue weighted by Crippen LogP contribution is -2.31. The summed E-state index contributed by atoms with van der Waals surface area (Å²) < 4.78 is 10.9. The Morgan fingerprint density at radius 1 is 1.09 bits per heavy atom. The number of unbranched alkanes of at least 4 members (excludes halogenated alkanes) is 1. The molecular weight excluding hydrogens is 442 g/mol. The molecule has 0 aromatic heterocycles. The maximum atomic E-state index is 13.0. The van der Waals surface area contributed by atoms with Gasteiger partial charge < -0.3 is 19.5 Å². The number of carbonyl (C=O) groups excluding carboxylic acids is 2. The molecule has 0 bridgehead atoms. The van der Waals surface area contributed by atoms with Gasteiger partial charge in [0.2, 0.25) is 0 Å². The molecule has 0 aliphatic carbocycles. The highest BCUT2D eigenvalue weighted by Gasteiger charge is 2.45. The number of aliphatic hydroxyl groups is 1. The Hall–Kier alpha value is -2.83. The number of rotatable bonds is 10. The van der Waals surface area contributed by atoms with Crippen LogP contribution >= 0.6 is 11.6 Å². The van der Waals surface area contributed by atoms with Crippen molar-refractivity contribution in [3.63, 3.8) is 0 Å². The molecule has 2 aromatic rings. The van der Waals surface area contributed by atoms with E-state index in [0.717, 1.165) is 24.2 Å². The number of Topliss-reactive ketones (excluding diaryl/α,β-unsaturated/α-hetero) is 1. The van der Waals surface area contributed by atoms with Gasteiger partial charge in [0, 0.05) is 30.8 Å². The fourth-order valence-corrected chi connectivity index (χ4v) is 4.05. The van der Waals surface area contributed by atoms with E-state index in [9.17, 15) is 14.7 Å². The van der Waals surface area contributed by atoms with Crippen molar-refractivity contribution in [1.82, 2.24) is 4.90 Å². The molecule has 3 rings (SSSR count). The van der Waals surface area contributed by atoms with Crippen molar-refractivity contribution >= 4 is 29.1 Å². The predicted octanol–water partition coefficient (Wildman–Crippen LogP) is 5.29. The Morgan fingerprint density at radius 3 is 2.45 bits per heavy atom. The molecule has 0 spiro atoms. The van der Waals surface area contributed by atoms with Crippen LogP contribution in [-0.4, -0.2) is 48.6 Å². The Balaban J connectivity index is 2.03. The largest absolute Gasteiger partial charge is 0.507 e. The molecule has 1 saturated heterocycles. The normalized spacial score (nSPS) is 17.6. The molecule has 33 heavy (non-hydrogen) atoms. The summed E-state index contributed by atoms with van der Waals surface area (Å²) in [6, 6.07) is 11.5. The molecule has 176 valence electrons. The summed E-state index contributed by atoms with van der Waals surface area (Å²) in [7, 11) is 1.59. The summed E-state index contributed by atoms with van der Waals surface area (Å²) in [5.74, 6) is -0.811. The van der Waals surface area contributed by atoms with E-state index in [1.165, 1.54) is 4.90 Å². The van der Waals surface area contributed by atoms with Gasteiger partial charge >= 0.3 is 0 Å². The number of ether oxygens (including phenoxy) is 2. The lowest BCUT2D eigenvalue weighted by atomic mass is 9.94. The van der Waals surface area contributed by atoms with Gasteiger partial charge in [0.25, 0.3) is 11.7 Å². The first-order valence-electron chi connectivity index (χ1n) is 11.2. The fourth-order valence-electron chi connectivity index (χ4n) is 3.92. The number of likely N-dealkylation sites (tertiary alicyclic amines) is 1. The second-order valence-electron chi connectivity index (χ2n) is 8.07. The number of nitrogens with zero attached hydrogens (tertiary/aromatic N) is 1. The smallest absolute Gasteiger partial charge is 0.295 e. The van der Waals surface area contributed by atoms with Crippen LogP contribution in [0.1, 0.15) is 48.9 Å². The second kappa shape index (κ2) is 11.3. The lowest BCUT2D eigenvalue weighted by molar-refractivity contribution is -0.140. The Bertz CT molecular complexity index is 1030. The maximum absolute atomic E-state index is 13.0. The third-order valence-corrected chi connectivity index (χ3v) is 5.93. The summed E-state index contributed by atoms with van der Waals surface area (Å²) in [5, 5.41) is 11.7. The number of hydrogen-bond acceptors (Lipinski definition) is 5. The van der Waals surface area contributed by atoms with Gasteiger partial charge in [-0.05, 0) is 61.2 Å². The number of benzene rings is 2. The van der Waals surface area contributed by atoms with Crippen molar-refractivity contribution < 1.29 is 24.2 Å². The van der Waals surface area contributed by atoms with Crippen molar-refractivity contribution in [2.24, 2.45) is 0 Å². The summed E-state index contributed by atoms with van der Waals surface area (Å²) in [6.45, 7) is 5.38. The summed E-state index contributed by atoms with van der Waals surface area (Å²) >= 11 is 6.05. The van der Waals surface area contributed by atoms with E-state index in [4.69, 9.17) is 21.1 Å². The van der Waals surface area contributed by atoms with Gasteiger partial charge in [0.1, 0.15) is 11.5 Å². The van der Waals surface area contributed by atoms with Gasteiger partial charge in [-0.3, -0.25) is 9.59 Å². The average molecular weight is 472 g/mol. The molecule has 1 fully saturated rings. The molecule has 0 radical (unpaired) electrons. The molecule has 2 aromatic carbocycles. The third-order valence-electron chi connectivity index (χ3n) is 5.68. The van der Waals surface area contributed by atoms with E-state index >= 15 is 0 Å². The van der Waals surface area contributed by atoms with Crippen LogP contribution < -0.4 is 4.74 Å². The van der Waals surface area contributed by atoms with Crippen LogP contribution in [0.25, 0.3) is 5.76 Å². The highest BCUT2D eigenvalue weighted by Crippen LogP contribution is 2.40. The van der Waals surface area contributed by atoms with Gasteiger partial charge in [-0.15, -0.1) is 0 Å². The number of carbonyl (C=O) groups is 2.